The third-order valence-corrected chi connectivity index (χ3v) is 3.32. The van der Waals surface area contributed by atoms with Gasteiger partial charge in [-0.3, -0.25) is 9.69 Å². The molecule has 0 saturated carbocycles. The van der Waals surface area contributed by atoms with Crippen molar-refractivity contribution in [3.8, 4) is 0 Å². The van der Waals surface area contributed by atoms with Crippen molar-refractivity contribution >= 4 is 17.3 Å². The second-order valence-electron chi connectivity index (χ2n) is 3.95. The van der Waals surface area contributed by atoms with E-state index in [1.54, 1.807) is 11.3 Å². The van der Waals surface area contributed by atoms with Crippen LogP contribution in [-0.4, -0.2) is 29.1 Å². The Balaban J connectivity index is 2.28. The fourth-order valence-electron chi connectivity index (χ4n) is 1.65. The summed E-state index contributed by atoms with van der Waals surface area (Å²) in [6.07, 6.45) is 3.82. The summed E-state index contributed by atoms with van der Waals surface area (Å²) in [6, 6.07) is 4.18. The second-order valence-corrected chi connectivity index (χ2v) is 4.99. The lowest BCUT2D eigenvalue weighted by atomic mass is 10.2. The van der Waals surface area contributed by atoms with Gasteiger partial charge in [0.25, 0.3) is 0 Å². The first-order valence-corrected chi connectivity index (χ1v) is 6.67. The number of nitrogens with zero attached hydrogens (tertiary/aromatic N) is 1. The van der Waals surface area contributed by atoms with Gasteiger partial charge in [-0.1, -0.05) is 12.1 Å². The third kappa shape index (κ3) is 6.24. The normalized spacial score (nSPS) is 10.6. The number of unbranched alkanes of at least 4 members (excludes halogenated alkanes) is 1. The SMILES string of the molecule is C=CCN(CCCCC(=O)O)Cc1cccs1. The zero-order valence-corrected chi connectivity index (χ0v) is 10.8. The van der Waals surface area contributed by atoms with E-state index in [-0.39, 0.29) is 6.42 Å². The summed E-state index contributed by atoms with van der Waals surface area (Å²) in [4.78, 5) is 14.0. The molecular weight excluding hydrogens is 234 g/mol. The van der Waals surface area contributed by atoms with Crippen molar-refractivity contribution in [3.63, 3.8) is 0 Å². The average Bonchev–Trinajstić information content (AvgIpc) is 2.77. The molecule has 0 spiro atoms. The van der Waals surface area contributed by atoms with Crippen LogP contribution in [0, 0.1) is 0 Å². The molecule has 1 rings (SSSR count). The quantitative estimate of drug-likeness (QED) is 0.543. The minimum Gasteiger partial charge on any atom is -0.481 e. The molecule has 1 N–H and O–H groups in total. The number of carbonyl (C=O) groups is 1. The van der Waals surface area contributed by atoms with Gasteiger partial charge in [-0.15, -0.1) is 17.9 Å². The van der Waals surface area contributed by atoms with Gasteiger partial charge >= 0.3 is 5.97 Å². The number of thiophene rings is 1. The zero-order chi connectivity index (χ0) is 12.5. The molecule has 0 atom stereocenters. The maximum atomic E-state index is 10.4. The van der Waals surface area contributed by atoms with E-state index in [2.05, 4.69) is 29.0 Å². The third-order valence-electron chi connectivity index (χ3n) is 2.46. The second kappa shape index (κ2) is 8.03. The maximum Gasteiger partial charge on any atom is 0.303 e. The number of hydrogen-bond acceptors (Lipinski definition) is 3. The lowest BCUT2D eigenvalue weighted by Crippen LogP contribution is -2.24. The number of carboxylic acids is 1. The zero-order valence-electron chi connectivity index (χ0n) is 9.97. The number of carboxylic acid groups (broad SMARTS) is 1. The topological polar surface area (TPSA) is 40.5 Å². The van der Waals surface area contributed by atoms with Crippen LogP contribution in [-0.2, 0) is 11.3 Å². The van der Waals surface area contributed by atoms with Crippen LogP contribution in [0.3, 0.4) is 0 Å². The minimum atomic E-state index is -0.710. The molecular formula is C13H19NO2S. The highest BCUT2D eigenvalue weighted by Crippen LogP contribution is 2.12. The molecule has 0 amide bonds. The smallest absolute Gasteiger partial charge is 0.303 e. The van der Waals surface area contributed by atoms with Crippen molar-refractivity contribution in [1.82, 2.24) is 4.90 Å². The molecule has 1 aromatic heterocycles. The van der Waals surface area contributed by atoms with Crippen molar-refractivity contribution in [2.75, 3.05) is 13.1 Å². The molecule has 17 heavy (non-hydrogen) atoms. The van der Waals surface area contributed by atoms with E-state index in [0.29, 0.717) is 0 Å². The fourth-order valence-corrected chi connectivity index (χ4v) is 2.40. The van der Waals surface area contributed by atoms with Crippen LogP contribution in [0.4, 0.5) is 0 Å². The van der Waals surface area contributed by atoms with Crippen molar-refractivity contribution in [2.45, 2.75) is 25.8 Å². The fraction of sp³-hybridized carbons (Fsp3) is 0.462. The summed E-state index contributed by atoms with van der Waals surface area (Å²) >= 11 is 1.75. The van der Waals surface area contributed by atoms with E-state index in [0.717, 1.165) is 32.5 Å². The van der Waals surface area contributed by atoms with Gasteiger partial charge < -0.3 is 5.11 Å². The van der Waals surface area contributed by atoms with Gasteiger partial charge in [0.05, 0.1) is 0 Å². The van der Waals surface area contributed by atoms with Crippen molar-refractivity contribution in [3.05, 3.63) is 35.0 Å². The summed E-state index contributed by atoms with van der Waals surface area (Å²) in [5.74, 6) is -0.710. The summed E-state index contributed by atoms with van der Waals surface area (Å²) in [6.45, 7) is 6.46. The van der Waals surface area contributed by atoms with E-state index >= 15 is 0 Å². The lowest BCUT2D eigenvalue weighted by Gasteiger charge is -2.19. The summed E-state index contributed by atoms with van der Waals surface area (Å²) in [5.41, 5.74) is 0. The molecule has 0 aliphatic rings. The number of hydrogen-bond donors (Lipinski definition) is 1. The molecule has 1 aromatic rings. The standard InChI is InChI=1S/C13H19NO2S/c1-2-8-14(9-4-3-7-13(15)16)11-12-6-5-10-17-12/h2,5-6,10H,1,3-4,7-9,11H2,(H,15,16). The Morgan fingerprint density at radius 2 is 2.35 bits per heavy atom. The van der Waals surface area contributed by atoms with E-state index < -0.39 is 5.97 Å². The molecule has 1 heterocycles. The largest absolute Gasteiger partial charge is 0.481 e. The Kier molecular flexibility index (Phi) is 6.58. The van der Waals surface area contributed by atoms with Crippen molar-refractivity contribution in [1.29, 1.82) is 0 Å². The van der Waals surface area contributed by atoms with Crippen molar-refractivity contribution < 1.29 is 9.90 Å². The molecule has 3 nitrogen and oxygen atoms in total. The van der Waals surface area contributed by atoms with E-state index in [4.69, 9.17) is 5.11 Å². The molecule has 0 radical (unpaired) electrons. The summed E-state index contributed by atoms with van der Waals surface area (Å²) in [7, 11) is 0. The monoisotopic (exact) mass is 253 g/mol. The Morgan fingerprint density at radius 3 is 2.94 bits per heavy atom. The molecule has 0 aliphatic carbocycles. The van der Waals surface area contributed by atoms with Gasteiger partial charge in [-0.25, -0.2) is 0 Å². The minimum absolute atomic E-state index is 0.265. The van der Waals surface area contributed by atoms with Crippen LogP contribution >= 0.6 is 11.3 Å². The molecule has 0 unspecified atom stereocenters. The molecule has 0 fully saturated rings. The maximum absolute atomic E-state index is 10.4. The Labute approximate surface area is 106 Å². The Bertz CT molecular complexity index is 335. The van der Waals surface area contributed by atoms with Gasteiger partial charge in [-0.2, -0.15) is 0 Å². The highest BCUT2D eigenvalue weighted by molar-refractivity contribution is 7.09. The van der Waals surface area contributed by atoms with Crippen LogP contribution in [0.15, 0.2) is 30.2 Å². The molecule has 0 aromatic carbocycles. The first-order chi connectivity index (χ1) is 8.22. The van der Waals surface area contributed by atoms with Crippen molar-refractivity contribution in [2.24, 2.45) is 0 Å². The van der Waals surface area contributed by atoms with E-state index in [1.165, 1.54) is 4.88 Å². The molecule has 94 valence electrons. The van der Waals surface area contributed by atoms with Crippen LogP contribution in [0.1, 0.15) is 24.1 Å². The lowest BCUT2D eigenvalue weighted by molar-refractivity contribution is -0.137. The summed E-state index contributed by atoms with van der Waals surface area (Å²) < 4.78 is 0. The Hall–Kier alpha value is -1.13. The van der Waals surface area contributed by atoms with Gasteiger partial charge in [0, 0.05) is 24.4 Å². The van der Waals surface area contributed by atoms with Crippen LogP contribution in [0.25, 0.3) is 0 Å². The number of aliphatic carboxylic acids is 1. The molecule has 0 aliphatic heterocycles. The van der Waals surface area contributed by atoms with Gasteiger partial charge in [0.2, 0.25) is 0 Å². The highest BCUT2D eigenvalue weighted by Gasteiger charge is 2.05. The molecule has 0 bridgehead atoms. The van der Waals surface area contributed by atoms with E-state index in [9.17, 15) is 4.79 Å². The van der Waals surface area contributed by atoms with Gasteiger partial charge in [0.15, 0.2) is 0 Å². The summed E-state index contributed by atoms with van der Waals surface area (Å²) in [5, 5.41) is 10.6. The van der Waals surface area contributed by atoms with Gasteiger partial charge in [0.1, 0.15) is 0 Å². The number of rotatable bonds is 9. The first-order valence-electron chi connectivity index (χ1n) is 5.80. The predicted molar refractivity (Wildman–Crippen MR) is 71.3 cm³/mol. The average molecular weight is 253 g/mol. The first kappa shape index (κ1) is 13.9. The van der Waals surface area contributed by atoms with Crippen LogP contribution in [0.5, 0.6) is 0 Å². The van der Waals surface area contributed by atoms with Crippen LogP contribution < -0.4 is 0 Å². The molecule has 0 saturated heterocycles. The predicted octanol–water partition coefficient (Wildman–Crippen LogP) is 2.99. The molecule has 4 heteroatoms. The van der Waals surface area contributed by atoms with Crippen LogP contribution in [0.2, 0.25) is 0 Å². The van der Waals surface area contributed by atoms with E-state index in [1.807, 2.05) is 6.08 Å². The van der Waals surface area contributed by atoms with Gasteiger partial charge in [-0.05, 0) is 30.8 Å². The highest BCUT2D eigenvalue weighted by atomic mass is 32.1. The Morgan fingerprint density at radius 1 is 1.53 bits per heavy atom.